The fraction of sp³-hybridized carbons (Fsp3) is 0.250. The predicted molar refractivity (Wildman–Crippen MR) is 84.7 cm³/mol. The second kappa shape index (κ2) is 5.98. The molecular formula is C16H16BrClO. The standard InChI is InChI=1S/C16H16BrClO/c1-10-8-13(9-11(2)16(10)19-3)15(17)12-4-6-14(18)7-5-12/h4-9,15H,1-3H3. The van der Waals surface area contributed by atoms with Gasteiger partial charge in [0.1, 0.15) is 5.75 Å². The smallest absolute Gasteiger partial charge is 0.124 e. The molecule has 1 atom stereocenters. The van der Waals surface area contributed by atoms with Crippen molar-refractivity contribution < 1.29 is 4.74 Å². The predicted octanol–water partition coefficient (Wildman–Crippen LogP) is 5.45. The molecule has 0 spiro atoms. The summed E-state index contributed by atoms with van der Waals surface area (Å²) in [6, 6.07) is 12.2. The zero-order chi connectivity index (χ0) is 14.0. The summed E-state index contributed by atoms with van der Waals surface area (Å²) in [5, 5.41) is 0.755. The van der Waals surface area contributed by atoms with Crippen molar-refractivity contribution in [2.24, 2.45) is 0 Å². The van der Waals surface area contributed by atoms with E-state index in [1.165, 1.54) is 11.1 Å². The third-order valence-electron chi connectivity index (χ3n) is 3.14. The third kappa shape index (κ3) is 3.13. The lowest BCUT2D eigenvalue weighted by atomic mass is 9.99. The van der Waals surface area contributed by atoms with E-state index >= 15 is 0 Å². The number of hydrogen-bond donors (Lipinski definition) is 0. The molecule has 0 amide bonds. The van der Waals surface area contributed by atoms with E-state index in [0.717, 1.165) is 21.9 Å². The van der Waals surface area contributed by atoms with Crippen LogP contribution in [0.15, 0.2) is 36.4 Å². The van der Waals surface area contributed by atoms with Gasteiger partial charge in [0.2, 0.25) is 0 Å². The van der Waals surface area contributed by atoms with Crippen molar-refractivity contribution in [1.29, 1.82) is 0 Å². The monoisotopic (exact) mass is 338 g/mol. The SMILES string of the molecule is COc1c(C)cc(C(Br)c2ccc(Cl)cc2)cc1C. The second-order valence-electron chi connectivity index (χ2n) is 4.60. The molecule has 0 aromatic heterocycles. The van der Waals surface area contributed by atoms with Crippen molar-refractivity contribution in [3.05, 3.63) is 63.7 Å². The Kier molecular flexibility index (Phi) is 4.54. The molecule has 2 rings (SSSR count). The highest BCUT2D eigenvalue weighted by molar-refractivity contribution is 9.09. The maximum Gasteiger partial charge on any atom is 0.124 e. The lowest BCUT2D eigenvalue weighted by molar-refractivity contribution is 0.408. The molecule has 3 heteroatoms. The van der Waals surface area contributed by atoms with Crippen LogP contribution in [0.3, 0.4) is 0 Å². The maximum atomic E-state index is 5.92. The van der Waals surface area contributed by atoms with E-state index in [1.54, 1.807) is 7.11 Å². The largest absolute Gasteiger partial charge is 0.496 e. The second-order valence-corrected chi connectivity index (χ2v) is 5.95. The molecular weight excluding hydrogens is 324 g/mol. The summed E-state index contributed by atoms with van der Waals surface area (Å²) in [7, 11) is 1.71. The summed E-state index contributed by atoms with van der Waals surface area (Å²) in [6.07, 6.45) is 0. The van der Waals surface area contributed by atoms with Gasteiger partial charge in [-0.2, -0.15) is 0 Å². The average molecular weight is 340 g/mol. The van der Waals surface area contributed by atoms with E-state index in [1.807, 2.05) is 24.3 Å². The van der Waals surface area contributed by atoms with Gasteiger partial charge in [0.25, 0.3) is 0 Å². The van der Waals surface area contributed by atoms with Crippen molar-refractivity contribution in [2.45, 2.75) is 18.7 Å². The number of hydrogen-bond acceptors (Lipinski definition) is 1. The Morgan fingerprint density at radius 2 is 1.53 bits per heavy atom. The minimum absolute atomic E-state index is 0.160. The maximum absolute atomic E-state index is 5.92. The Labute approximate surface area is 127 Å². The molecule has 19 heavy (non-hydrogen) atoms. The van der Waals surface area contributed by atoms with Crippen LogP contribution in [-0.4, -0.2) is 7.11 Å². The van der Waals surface area contributed by atoms with Crippen molar-refractivity contribution in [1.82, 2.24) is 0 Å². The van der Waals surface area contributed by atoms with Gasteiger partial charge < -0.3 is 4.74 Å². The van der Waals surface area contributed by atoms with E-state index in [4.69, 9.17) is 16.3 Å². The van der Waals surface area contributed by atoms with E-state index in [2.05, 4.69) is 41.9 Å². The lowest BCUT2D eigenvalue weighted by Gasteiger charge is -2.15. The lowest BCUT2D eigenvalue weighted by Crippen LogP contribution is -1.97. The number of methoxy groups -OCH3 is 1. The van der Waals surface area contributed by atoms with Crippen LogP contribution >= 0.6 is 27.5 Å². The van der Waals surface area contributed by atoms with Crippen molar-refractivity contribution >= 4 is 27.5 Å². The molecule has 2 aromatic rings. The Bertz CT molecular complexity index is 555. The normalized spacial score (nSPS) is 12.3. The van der Waals surface area contributed by atoms with Gasteiger partial charge in [-0.25, -0.2) is 0 Å². The first kappa shape index (κ1) is 14.4. The first-order chi connectivity index (χ1) is 9.02. The minimum atomic E-state index is 0.160. The van der Waals surface area contributed by atoms with E-state index in [9.17, 15) is 0 Å². The van der Waals surface area contributed by atoms with E-state index in [0.29, 0.717) is 0 Å². The van der Waals surface area contributed by atoms with Gasteiger partial charge in [-0.05, 0) is 48.2 Å². The number of ether oxygens (including phenoxy) is 1. The molecule has 2 aromatic carbocycles. The Hall–Kier alpha value is -0.990. The Balaban J connectivity index is 2.39. The van der Waals surface area contributed by atoms with Gasteiger partial charge in [-0.3, -0.25) is 0 Å². The van der Waals surface area contributed by atoms with Crippen LogP contribution in [0.5, 0.6) is 5.75 Å². The average Bonchev–Trinajstić information content (AvgIpc) is 2.38. The molecule has 1 unspecified atom stereocenters. The Morgan fingerprint density at radius 3 is 2.00 bits per heavy atom. The first-order valence-corrected chi connectivity index (χ1v) is 7.37. The molecule has 0 aliphatic rings. The molecule has 0 saturated carbocycles. The highest BCUT2D eigenvalue weighted by Gasteiger charge is 2.13. The van der Waals surface area contributed by atoms with Crippen molar-refractivity contribution in [3.8, 4) is 5.75 Å². The minimum Gasteiger partial charge on any atom is -0.496 e. The molecule has 0 aliphatic heterocycles. The quantitative estimate of drug-likeness (QED) is 0.676. The fourth-order valence-corrected chi connectivity index (χ4v) is 2.97. The fourth-order valence-electron chi connectivity index (χ4n) is 2.28. The molecule has 0 saturated heterocycles. The van der Waals surface area contributed by atoms with Crippen LogP contribution in [0.25, 0.3) is 0 Å². The van der Waals surface area contributed by atoms with Gasteiger partial charge in [-0.1, -0.05) is 51.8 Å². The van der Waals surface area contributed by atoms with Crippen molar-refractivity contribution in [2.75, 3.05) is 7.11 Å². The molecule has 0 N–H and O–H groups in total. The zero-order valence-electron chi connectivity index (χ0n) is 11.2. The van der Waals surface area contributed by atoms with Gasteiger partial charge >= 0.3 is 0 Å². The molecule has 0 heterocycles. The van der Waals surface area contributed by atoms with Crippen molar-refractivity contribution in [3.63, 3.8) is 0 Å². The summed E-state index contributed by atoms with van der Waals surface area (Å²) in [5.41, 5.74) is 4.71. The van der Waals surface area contributed by atoms with Gasteiger partial charge in [0.15, 0.2) is 0 Å². The molecule has 1 nitrogen and oxygen atoms in total. The Morgan fingerprint density at radius 1 is 1.00 bits per heavy atom. The molecule has 0 bridgehead atoms. The molecule has 0 radical (unpaired) electrons. The summed E-state index contributed by atoms with van der Waals surface area (Å²) in [4.78, 5) is 0.160. The van der Waals surface area contributed by atoms with Crippen LogP contribution in [0.2, 0.25) is 5.02 Å². The summed E-state index contributed by atoms with van der Waals surface area (Å²) >= 11 is 9.67. The van der Waals surface area contributed by atoms with Gasteiger partial charge in [0.05, 0.1) is 11.9 Å². The summed E-state index contributed by atoms with van der Waals surface area (Å²) < 4.78 is 5.40. The van der Waals surface area contributed by atoms with E-state index < -0.39 is 0 Å². The number of aryl methyl sites for hydroxylation is 2. The van der Waals surface area contributed by atoms with Crippen LogP contribution in [0.1, 0.15) is 27.1 Å². The van der Waals surface area contributed by atoms with Gasteiger partial charge in [-0.15, -0.1) is 0 Å². The molecule has 0 aliphatic carbocycles. The number of rotatable bonds is 3. The zero-order valence-corrected chi connectivity index (χ0v) is 13.5. The molecule has 0 fully saturated rings. The topological polar surface area (TPSA) is 9.23 Å². The van der Waals surface area contributed by atoms with E-state index in [-0.39, 0.29) is 4.83 Å². The van der Waals surface area contributed by atoms with Crippen LogP contribution < -0.4 is 4.74 Å². The van der Waals surface area contributed by atoms with Crippen LogP contribution in [-0.2, 0) is 0 Å². The highest BCUT2D eigenvalue weighted by atomic mass is 79.9. The van der Waals surface area contributed by atoms with Gasteiger partial charge in [0, 0.05) is 5.02 Å². The number of alkyl halides is 1. The van der Waals surface area contributed by atoms with Crippen LogP contribution in [0, 0.1) is 13.8 Å². The number of benzene rings is 2. The third-order valence-corrected chi connectivity index (χ3v) is 4.45. The highest BCUT2D eigenvalue weighted by Crippen LogP contribution is 2.35. The summed E-state index contributed by atoms with van der Waals surface area (Å²) in [6.45, 7) is 4.13. The number of halogens is 2. The van der Waals surface area contributed by atoms with Crippen LogP contribution in [0.4, 0.5) is 0 Å². The molecule has 100 valence electrons. The first-order valence-electron chi connectivity index (χ1n) is 6.07. The summed E-state index contributed by atoms with van der Waals surface area (Å²) in [5.74, 6) is 0.958.